The lowest BCUT2D eigenvalue weighted by Gasteiger charge is -2.13. The molecule has 0 unspecified atom stereocenters. The summed E-state index contributed by atoms with van der Waals surface area (Å²) >= 11 is 0. The molecule has 0 radical (unpaired) electrons. The molecule has 1 aromatic heterocycles. The molecule has 0 aliphatic heterocycles. The van der Waals surface area contributed by atoms with Gasteiger partial charge in [-0.25, -0.2) is 4.79 Å². The lowest BCUT2D eigenvalue weighted by molar-refractivity contribution is -0.116. The fraction of sp³-hybridized carbons (Fsp3) is 0.312. The van der Waals surface area contributed by atoms with Crippen molar-refractivity contribution in [3.63, 3.8) is 0 Å². The first kappa shape index (κ1) is 15.8. The van der Waals surface area contributed by atoms with Gasteiger partial charge in [0.1, 0.15) is 17.3 Å². The average molecular weight is 304 g/mol. The number of fused-ring (bicyclic) bond motifs is 1. The predicted molar refractivity (Wildman–Crippen MR) is 79.8 cm³/mol. The van der Waals surface area contributed by atoms with Crippen molar-refractivity contribution >= 4 is 23.0 Å². The van der Waals surface area contributed by atoms with Gasteiger partial charge in [-0.15, -0.1) is 0 Å². The quantitative estimate of drug-likeness (QED) is 0.672. The molecule has 0 aliphatic carbocycles. The topological polar surface area (TPSA) is 93.8 Å². The highest BCUT2D eigenvalue weighted by atomic mass is 16.5. The monoisotopic (exact) mass is 304 g/mol. The second kappa shape index (κ2) is 6.01. The third-order valence-electron chi connectivity index (χ3n) is 3.60. The minimum atomic E-state index is -0.623. The molecule has 0 saturated carbocycles. The number of carbonyl (C=O) groups is 2. The lowest BCUT2D eigenvalue weighted by atomic mass is 9.99. The van der Waals surface area contributed by atoms with Crippen molar-refractivity contribution in [1.29, 1.82) is 0 Å². The van der Waals surface area contributed by atoms with E-state index in [2.05, 4.69) is 0 Å². The Morgan fingerprint density at radius 1 is 1.45 bits per heavy atom. The zero-order valence-corrected chi connectivity index (χ0v) is 12.6. The summed E-state index contributed by atoms with van der Waals surface area (Å²) in [6.45, 7) is 3.14. The van der Waals surface area contributed by atoms with E-state index in [1.54, 1.807) is 6.92 Å². The molecule has 1 aromatic carbocycles. The number of benzene rings is 1. The standard InChI is InChI=1S/C16H16O6/c1-8(18)4-5-10-9(2)14-13(21-3)6-12(19)11(7-17)15(14)22-16(10)20/h6-7,19H,4-5H2,1-3H3. The van der Waals surface area contributed by atoms with Crippen LogP contribution in [0.5, 0.6) is 11.5 Å². The summed E-state index contributed by atoms with van der Waals surface area (Å²) in [7, 11) is 1.41. The third kappa shape index (κ3) is 2.59. The molecule has 116 valence electrons. The van der Waals surface area contributed by atoms with Gasteiger partial charge in [0.15, 0.2) is 11.9 Å². The molecule has 1 heterocycles. The predicted octanol–water partition coefficient (Wildman–Crippen LogP) is 2.15. The Hall–Kier alpha value is -2.63. The molecule has 0 atom stereocenters. The molecule has 0 bridgehead atoms. The van der Waals surface area contributed by atoms with Crippen LogP contribution in [0.15, 0.2) is 15.3 Å². The van der Waals surface area contributed by atoms with Gasteiger partial charge in [-0.1, -0.05) is 0 Å². The SMILES string of the molecule is COc1cc(O)c(C=O)c2oc(=O)c(CCC(C)=O)c(C)c12. The number of carbonyl (C=O) groups excluding carboxylic acids is 2. The highest BCUT2D eigenvalue weighted by molar-refractivity contribution is 6.01. The van der Waals surface area contributed by atoms with Crippen molar-refractivity contribution in [2.45, 2.75) is 26.7 Å². The second-order valence-corrected chi connectivity index (χ2v) is 5.03. The molecule has 6 heteroatoms. The average Bonchev–Trinajstić information content (AvgIpc) is 2.45. The van der Waals surface area contributed by atoms with Crippen LogP contribution in [0.1, 0.15) is 34.8 Å². The smallest absolute Gasteiger partial charge is 0.339 e. The van der Waals surface area contributed by atoms with E-state index in [0.29, 0.717) is 28.5 Å². The highest BCUT2D eigenvalue weighted by Crippen LogP contribution is 2.36. The summed E-state index contributed by atoms with van der Waals surface area (Å²) < 4.78 is 10.4. The zero-order chi connectivity index (χ0) is 16.4. The van der Waals surface area contributed by atoms with Gasteiger partial charge in [0.2, 0.25) is 0 Å². The summed E-state index contributed by atoms with van der Waals surface area (Å²) in [4.78, 5) is 34.4. The van der Waals surface area contributed by atoms with Gasteiger partial charge in [-0.05, 0) is 25.8 Å². The van der Waals surface area contributed by atoms with E-state index >= 15 is 0 Å². The van der Waals surface area contributed by atoms with Gasteiger partial charge in [-0.2, -0.15) is 0 Å². The van der Waals surface area contributed by atoms with E-state index in [1.807, 2.05) is 0 Å². The fourth-order valence-electron chi connectivity index (χ4n) is 2.42. The van der Waals surface area contributed by atoms with Crippen LogP contribution in [-0.2, 0) is 11.2 Å². The van der Waals surface area contributed by atoms with Crippen LogP contribution in [0.2, 0.25) is 0 Å². The van der Waals surface area contributed by atoms with E-state index in [-0.39, 0.29) is 35.5 Å². The van der Waals surface area contributed by atoms with Gasteiger partial charge in [0, 0.05) is 18.1 Å². The number of aromatic hydroxyl groups is 1. The Balaban J connectivity index is 2.84. The first-order valence-electron chi connectivity index (χ1n) is 6.71. The Morgan fingerprint density at radius 3 is 2.68 bits per heavy atom. The third-order valence-corrected chi connectivity index (χ3v) is 3.60. The molecule has 0 amide bonds. The van der Waals surface area contributed by atoms with Crippen molar-refractivity contribution in [2.75, 3.05) is 7.11 Å². The molecule has 0 saturated heterocycles. The van der Waals surface area contributed by atoms with E-state index in [9.17, 15) is 19.5 Å². The summed E-state index contributed by atoms with van der Waals surface area (Å²) in [5.74, 6) is -0.0630. The van der Waals surface area contributed by atoms with Gasteiger partial charge in [0.05, 0.1) is 18.1 Å². The molecule has 2 rings (SSSR count). The van der Waals surface area contributed by atoms with E-state index in [4.69, 9.17) is 9.15 Å². The number of aldehydes is 1. The minimum absolute atomic E-state index is 0.0130. The number of rotatable bonds is 5. The zero-order valence-electron chi connectivity index (χ0n) is 12.6. The Bertz CT molecular complexity index is 816. The van der Waals surface area contributed by atoms with Crippen LogP contribution >= 0.6 is 0 Å². The first-order chi connectivity index (χ1) is 10.4. The van der Waals surface area contributed by atoms with Crippen molar-refractivity contribution in [3.8, 4) is 11.5 Å². The summed E-state index contributed by atoms with van der Waals surface area (Å²) in [6.07, 6.45) is 0.896. The normalized spacial score (nSPS) is 10.7. The minimum Gasteiger partial charge on any atom is -0.507 e. The number of ketones is 1. The van der Waals surface area contributed by atoms with Crippen molar-refractivity contribution in [3.05, 3.63) is 33.2 Å². The van der Waals surface area contributed by atoms with Gasteiger partial charge >= 0.3 is 5.63 Å². The number of methoxy groups -OCH3 is 1. The Kier molecular flexibility index (Phi) is 4.30. The number of ether oxygens (including phenoxy) is 1. The number of aryl methyl sites for hydroxylation is 1. The molecule has 2 aromatic rings. The van der Waals surface area contributed by atoms with Crippen LogP contribution in [0, 0.1) is 6.92 Å². The number of phenols is 1. The van der Waals surface area contributed by atoms with Crippen LogP contribution in [0.4, 0.5) is 0 Å². The second-order valence-electron chi connectivity index (χ2n) is 5.03. The summed E-state index contributed by atoms with van der Waals surface area (Å²) in [6, 6.07) is 1.30. The molecular weight excluding hydrogens is 288 g/mol. The maximum absolute atomic E-state index is 12.1. The van der Waals surface area contributed by atoms with Crippen LogP contribution in [0.25, 0.3) is 11.0 Å². The molecule has 0 aliphatic rings. The number of Topliss-reactive ketones (excluding diaryl/α,β-unsaturated/α-hetero) is 1. The van der Waals surface area contributed by atoms with Crippen LogP contribution in [-0.4, -0.2) is 24.3 Å². The largest absolute Gasteiger partial charge is 0.507 e. The van der Waals surface area contributed by atoms with Gasteiger partial charge < -0.3 is 19.1 Å². The van der Waals surface area contributed by atoms with Crippen molar-refractivity contribution in [2.24, 2.45) is 0 Å². The molecular formula is C16H16O6. The Labute approximate surface area is 126 Å². The maximum atomic E-state index is 12.1. The van der Waals surface area contributed by atoms with Crippen LogP contribution < -0.4 is 10.4 Å². The van der Waals surface area contributed by atoms with E-state index in [0.717, 1.165) is 0 Å². The maximum Gasteiger partial charge on any atom is 0.339 e. The Morgan fingerprint density at radius 2 is 2.14 bits per heavy atom. The number of hydrogen-bond donors (Lipinski definition) is 1. The molecule has 0 fully saturated rings. The molecule has 6 nitrogen and oxygen atoms in total. The summed E-state index contributed by atoms with van der Waals surface area (Å²) in [5, 5.41) is 10.3. The fourth-order valence-corrected chi connectivity index (χ4v) is 2.42. The molecule has 1 N–H and O–H groups in total. The first-order valence-corrected chi connectivity index (χ1v) is 6.71. The molecule has 0 spiro atoms. The van der Waals surface area contributed by atoms with E-state index in [1.165, 1.54) is 20.1 Å². The van der Waals surface area contributed by atoms with E-state index < -0.39 is 5.63 Å². The van der Waals surface area contributed by atoms with Crippen molar-refractivity contribution < 1.29 is 23.8 Å². The van der Waals surface area contributed by atoms with Crippen molar-refractivity contribution in [1.82, 2.24) is 0 Å². The number of hydrogen-bond acceptors (Lipinski definition) is 6. The lowest BCUT2D eigenvalue weighted by Crippen LogP contribution is -2.12. The van der Waals surface area contributed by atoms with Gasteiger partial charge in [0.25, 0.3) is 0 Å². The molecule has 22 heavy (non-hydrogen) atoms. The highest BCUT2D eigenvalue weighted by Gasteiger charge is 2.20. The number of phenolic OH excluding ortho intramolecular Hbond substituents is 1. The van der Waals surface area contributed by atoms with Crippen LogP contribution in [0.3, 0.4) is 0 Å². The van der Waals surface area contributed by atoms with Gasteiger partial charge in [-0.3, -0.25) is 4.79 Å². The summed E-state index contributed by atoms with van der Waals surface area (Å²) in [5.41, 5.74) is 0.202.